The third-order valence-corrected chi connectivity index (χ3v) is 4.68. The second-order valence-corrected chi connectivity index (χ2v) is 8.70. The molecule has 0 fully saturated rings. The number of carbonyl (C=O) groups excluding carboxylic acids is 1. The number of rotatable bonds is 8. The number of carbonyl (C=O) groups is 1. The molecule has 14 heteroatoms. The van der Waals surface area contributed by atoms with Gasteiger partial charge < -0.3 is 20.1 Å². The van der Waals surface area contributed by atoms with E-state index >= 15 is 0 Å². The van der Waals surface area contributed by atoms with Crippen molar-refractivity contribution in [1.82, 2.24) is 25.4 Å². The smallest absolute Gasteiger partial charge is 0.444 e. The number of nitrogens with zero attached hydrogens (tertiary/aromatic N) is 4. The fourth-order valence-electron chi connectivity index (χ4n) is 2.75. The van der Waals surface area contributed by atoms with Gasteiger partial charge in [-0.25, -0.2) is 23.2 Å². The number of hydrogen-bond donors (Lipinski definition) is 2. The molecule has 0 aliphatic carbocycles. The van der Waals surface area contributed by atoms with Crippen LogP contribution < -0.4 is 16.4 Å². The van der Waals surface area contributed by atoms with Gasteiger partial charge in [0.05, 0.1) is 22.8 Å². The molecule has 2 aromatic heterocycles. The van der Waals surface area contributed by atoms with E-state index in [9.17, 15) is 14.0 Å². The number of anilines is 1. The van der Waals surface area contributed by atoms with Crippen molar-refractivity contribution in [3.63, 3.8) is 0 Å². The van der Waals surface area contributed by atoms with Crippen molar-refractivity contribution in [3.05, 3.63) is 39.0 Å². The van der Waals surface area contributed by atoms with E-state index in [1.165, 1.54) is 25.3 Å². The van der Waals surface area contributed by atoms with Crippen LogP contribution >= 0.6 is 15.9 Å². The molecule has 0 spiro atoms. The normalized spacial score (nSPS) is 12.4. The van der Waals surface area contributed by atoms with E-state index in [4.69, 9.17) is 18.6 Å². The minimum atomic E-state index is -0.818. The molecular formula is C19H22BrFN6O6. The molecule has 1 atom stereocenters. The molecule has 33 heavy (non-hydrogen) atoms. The Morgan fingerprint density at radius 3 is 2.73 bits per heavy atom. The Kier molecular flexibility index (Phi) is 7.48. The number of amides is 1. The highest BCUT2D eigenvalue weighted by Gasteiger charge is 2.25. The summed E-state index contributed by atoms with van der Waals surface area (Å²) in [6.07, 6.45) is -0.614. The first kappa shape index (κ1) is 24.4. The number of ether oxygens (including phenoxy) is 2. The first-order chi connectivity index (χ1) is 15.6. The summed E-state index contributed by atoms with van der Waals surface area (Å²) in [5.41, 5.74) is -0.318. The number of nitrogens with one attached hydrogen (secondary N) is 2. The molecule has 12 nitrogen and oxygen atoms in total. The largest absolute Gasteiger partial charge is 0.446 e. The highest BCUT2D eigenvalue weighted by atomic mass is 79.9. The predicted octanol–water partition coefficient (Wildman–Crippen LogP) is 2.73. The average Bonchev–Trinajstić information content (AvgIpc) is 3.33. The second kappa shape index (κ2) is 10.1. The van der Waals surface area contributed by atoms with Crippen LogP contribution in [0, 0.1) is 5.82 Å². The third kappa shape index (κ3) is 6.16. The molecule has 3 rings (SSSR count). The van der Waals surface area contributed by atoms with Crippen molar-refractivity contribution in [2.24, 2.45) is 0 Å². The van der Waals surface area contributed by atoms with Crippen LogP contribution in [0.4, 0.5) is 15.0 Å². The van der Waals surface area contributed by atoms with Crippen LogP contribution in [-0.2, 0) is 9.47 Å². The van der Waals surface area contributed by atoms with Crippen LogP contribution in [0.3, 0.4) is 0 Å². The Labute approximate surface area is 195 Å². The topological polar surface area (TPSA) is 147 Å². The number of benzene rings is 1. The van der Waals surface area contributed by atoms with E-state index in [1.807, 2.05) is 0 Å². The van der Waals surface area contributed by atoms with Crippen LogP contribution in [0.15, 0.2) is 36.6 Å². The maximum atomic E-state index is 13.6. The minimum Gasteiger partial charge on any atom is -0.444 e. The van der Waals surface area contributed by atoms with E-state index in [1.54, 1.807) is 20.8 Å². The molecule has 0 saturated heterocycles. The molecule has 0 saturated carbocycles. The molecule has 2 N–H and O–H groups in total. The summed E-state index contributed by atoms with van der Waals surface area (Å²) in [4.78, 5) is 24.4. The van der Waals surface area contributed by atoms with Crippen molar-refractivity contribution >= 4 is 27.8 Å². The van der Waals surface area contributed by atoms with E-state index in [0.29, 0.717) is 0 Å². The fourth-order valence-corrected chi connectivity index (χ4v) is 3.12. The summed E-state index contributed by atoms with van der Waals surface area (Å²) in [5.74, 6) is -1.21. The minimum absolute atomic E-state index is 0.0225. The molecule has 3 aromatic rings. The molecule has 1 unspecified atom stereocenters. The number of halogens is 2. The highest BCUT2D eigenvalue weighted by molar-refractivity contribution is 9.10. The van der Waals surface area contributed by atoms with Gasteiger partial charge >= 0.3 is 11.8 Å². The molecule has 0 aliphatic heterocycles. The van der Waals surface area contributed by atoms with Crippen LogP contribution in [0.2, 0.25) is 0 Å². The molecule has 1 aromatic carbocycles. The Hall–Kier alpha value is -3.26. The molecule has 178 valence electrons. The Bertz CT molecular complexity index is 1170. The lowest BCUT2D eigenvalue weighted by atomic mass is 10.2. The van der Waals surface area contributed by atoms with E-state index in [2.05, 4.69) is 42.0 Å². The number of hydrogen-bond acceptors (Lipinski definition) is 10. The molecule has 0 radical (unpaired) electrons. The average molecular weight is 529 g/mol. The zero-order valence-corrected chi connectivity index (χ0v) is 19.8. The van der Waals surface area contributed by atoms with Crippen LogP contribution in [0.5, 0.6) is 0 Å². The third-order valence-electron chi connectivity index (χ3n) is 4.07. The SMILES string of the molecule is COCC(CNc1nonc1-c1noc(=O)n1-c1ccc(F)c(Br)c1)NC(=O)OC(C)(C)C. The van der Waals surface area contributed by atoms with Gasteiger partial charge in [-0.1, -0.05) is 5.16 Å². The van der Waals surface area contributed by atoms with Crippen molar-refractivity contribution < 1.29 is 27.8 Å². The van der Waals surface area contributed by atoms with E-state index in [0.717, 1.165) is 4.57 Å². The fraction of sp³-hybridized carbons (Fsp3) is 0.421. The van der Waals surface area contributed by atoms with Gasteiger partial charge in [0.15, 0.2) is 5.69 Å². The van der Waals surface area contributed by atoms with Gasteiger partial charge in [0.25, 0.3) is 0 Å². The van der Waals surface area contributed by atoms with Crippen molar-refractivity contribution in [3.8, 4) is 17.2 Å². The highest BCUT2D eigenvalue weighted by Crippen LogP contribution is 2.26. The maximum Gasteiger partial charge on any atom is 0.446 e. The van der Waals surface area contributed by atoms with E-state index < -0.39 is 29.3 Å². The van der Waals surface area contributed by atoms with Gasteiger partial charge in [0.1, 0.15) is 11.4 Å². The number of alkyl carbamates (subject to hydrolysis) is 1. The Balaban J connectivity index is 1.81. The van der Waals surface area contributed by atoms with Gasteiger partial charge in [0.2, 0.25) is 11.6 Å². The monoisotopic (exact) mass is 528 g/mol. The Morgan fingerprint density at radius 2 is 2.06 bits per heavy atom. The van der Waals surface area contributed by atoms with Crippen molar-refractivity contribution in [2.75, 3.05) is 25.6 Å². The van der Waals surface area contributed by atoms with Crippen LogP contribution in [0.1, 0.15) is 20.8 Å². The summed E-state index contributed by atoms with van der Waals surface area (Å²) in [5, 5.41) is 17.0. The molecule has 2 heterocycles. The Morgan fingerprint density at radius 1 is 1.30 bits per heavy atom. The lowest BCUT2D eigenvalue weighted by Gasteiger charge is -2.23. The first-order valence-corrected chi connectivity index (χ1v) is 10.5. The number of aromatic nitrogens is 4. The van der Waals surface area contributed by atoms with Crippen LogP contribution in [0.25, 0.3) is 17.2 Å². The van der Waals surface area contributed by atoms with Crippen LogP contribution in [-0.4, -0.2) is 58.0 Å². The lowest BCUT2D eigenvalue weighted by molar-refractivity contribution is 0.0474. The zero-order valence-electron chi connectivity index (χ0n) is 18.2. The predicted molar refractivity (Wildman–Crippen MR) is 117 cm³/mol. The standard InChI is InChI=1S/C19H22BrFN6O6/c1-19(2,3)31-17(28)23-10(9-30-4)8-22-15-14(24-33-25-15)16-26-32-18(29)27(16)11-5-6-13(21)12(20)7-11/h5-7,10H,8-9H2,1-4H3,(H,22,25)(H,23,28). The zero-order chi connectivity index (χ0) is 24.2. The summed E-state index contributed by atoms with van der Waals surface area (Å²) >= 11 is 3.08. The van der Waals surface area contributed by atoms with Gasteiger partial charge in [-0.2, -0.15) is 0 Å². The first-order valence-electron chi connectivity index (χ1n) is 9.68. The van der Waals surface area contributed by atoms with Gasteiger partial charge in [-0.05, 0) is 65.2 Å². The number of methoxy groups -OCH3 is 1. The van der Waals surface area contributed by atoms with Gasteiger partial charge in [-0.3, -0.25) is 4.52 Å². The van der Waals surface area contributed by atoms with Crippen molar-refractivity contribution in [2.45, 2.75) is 32.4 Å². The van der Waals surface area contributed by atoms with E-state index in [-0.39, 0.29) is 40.6 Å². The maximum absolute atomic E-state index is 13.6. The quantitative estimate of drug-likeness (QED) is 0.447. The van der Waals surface area contributed by atoms with Gasteiger partial charge in [-0.15, -0.1) is 0 Å². The molecule has 0 bridgehead atoms. The summed E-state index contributed by atoms with van der Waals surface area (Å²) < 4.78 is 34.9. The molecule has 1 amide bonds. The lowest BCUT2D eigenvalue weighted by Crippen LogP contribution is -2.45. The second-order valence-electron chi connectivity index (χ2n) is 7.85. The molecular weight excluding hydrogens is 507 g/mol. The molecule has 0 aliphatic rings. The van der Waals surface area contributed by atoms with Crippen molar-refractivity contribution in [1.29, 1.82) is 0 Å². The summed E-state index contributed by atoms with van der Waals surface area (Å²) in [6, 6.07) is 3.45. The van der Waals surface area contributed by atoms with Gasteiger partial charge in [0, 0.05) is 13.7 Å². The summed E-state index contributed by atoms with van der Waals surface area (Å²) in [7, 11) is 1.49. The summed E-state index contributed by atoms with van der Waals surface area (Å²) in [6.45, 7) is 5.57.